The minimum atomic E-state index is 0.0245. The molecule has 0 N–H and O–H groups in total. The van der Waals surface area contributed by atoms with E-state index in [9.17, 15) is 0 Å². The molecule has 98 valence electrons. The van der Waals surface area contributed by atoms with Crippen LogP contribution in [-0.4, -0.2) is 19.5 Å². The van der Waals surface area contributed by atoms with Gasteiger partial charge in [-0.25, -0.2) is 0 Å². The summed E-state index contributed by atoms with van der Waals surface area (Å²) in [6.07, 6.45) is 7.07. The third-order valence-corrected chi connectivity index (χ3v) is 2.81. The molecule has 0 amide bonds. The van der Waals surface area contributed by atoms with Crippen LogP contribution in [-0.2, 0) is 9.47 Å². The normalized spacial score (nSPS) is 13.3. The smallest absolute Gasteiger partial charge is 0.160 e. The molecule has 0 aliphatic heterocycles. The highest BCUT2D eigenvalue weighted by Crippen LogP contribution is 2.21. The number of rotatable bonds is 11. The van der Waals surface area contributed by atoms with Gasteiger partial charge in [-0.1, -0.05) is 40.5 Å². The van der Waals surface area contributed by atoms with Crippen LogP contribution in [0, 0.1) is 5.92 Å². The molecule has 0 bridgehead atoms. The van der Waals surface area contributed by atoms with Crippen molar-refractivity contribution in [1.82, 2.24) is 0 Å². The van der Waals surface area contributed by atoms with Crippen LogP contribution >= 0.6 is 0 Å². The van der Waals surface area contributed by atoms with Crippen molar-refractivity contribution in [2.45, 2.75) is 72.5 Å². The third kappa shape index (κ3) is 7.24. The third-order valence-electron chi connectivity index (χ3n) is 2.81. The molecule has 0 heterocycles. The van der Waals surface area contributed by atoms with E-state index in [4.69, 9.17) is 9.47 Å². The van der Waals surface area contributed by atoms with Crippen molar-refractivity contribution in [2.24, 2.45) is 5.92 Å². The van der Waals surface area contributed by atoms with E-state index in [1.54, 1.807) is 0 Å². The summed E-state index contributed by atoms with van der Waals surface area (Å²) in [6, 6.07) is 0. The van der Waals surface area contributed by atoms with E-state index in [2.05, 4.69) is 27.7 Å². The van der Waals surface area contributed by atoms with Crippen molar-refractivity contribution in [2.75, 3.05) is 13.2 Å². The Balaban J connectivity index is 4.06. The Labute approximate surface area is 102 Å². The SMILES string of the molecule is CCCCC(CC)C(OCCC)OCCC. The molecule has 1 unspecified atom stereocenters. The van der Waals surface area contributed by atoms with Crippen molar-refractivity contribution in [3.63, 3.8) is 0 Å². The zero-order chi connectivity index (χ0) is 12.2. The highest BCUT2D eigenvalue weighted by Gasteiger charge is 2.20. The highest BCUT2D eigenvalue weighted by molar-refractivity contribution is 4.62. The molecule has 0 fully saturated rings. The quantitative estimate of drug-likeness (QED) is 0.490. The van der Waals surface area contributed by atoms with Crippen LogP contribution in [0.4, 0.5) is 0 Å². The molecule has 0 aromatic rings. The van der Waals surface area contributed by atoms with Crippen molar-refractivity contribution in [1.29, 1.82) is 0 Å². The zero-order valence-corrected chi connectivity index (χ0v) is 11.6. The molecule has 0 aromatic heterocycles. The van der Waals surface area contributed by atoms with Gasteiger partial charge in [-0.3, -0.25) is 0 Å². The van der Waals surface area contributed by atoms with Crippen LogP contribution in [0.5, 0.6) is 0 Å². The first-order valence-corrected chi connectivity index (χ1v) is 7.03. The largest absolute Gasteiger partial charge is 0.352 e. The zero-order valence-electron chi connectivity index (χ0n) is 11.6. The summed E-state index contributed by atoms with van der Waals surface area (Å²) >= 11 is 0. The minimum Gasteiger partial charge on any atom is -0.352 e. The van der Waals surface area contributed by atoms with Gasteiger partial charge in [-0.2, -0.15) is 0 Å². The standard InChI is InChI=1S/C14H30O2/c1-5-9-10-13(8-4)14(15-11-6-2)16-12-7-3/h13-14H,5-12H2,1-4H3. The van der Waals surface area contributed by atoms with Crippen LogP contribution in [0.2, 0.25) is 0 Å². The monoisotopic (exact) mass is 230 g/mol. The molecule has 0 aromatic carbocycles. The van der Waals surface area contributed by atoms with Crippen LogP contribution in [0.1, 0.15) is 66.2 Å². The van der Waals surface area contributed by atoms with Gasteiger partial charge >= 0.3 is 0 Å². The molecule has 0 spiro atoms. The maximum atomic E-state index is 5.82. The first kappa shape index (κ1) is 15.9. The van der Waals surface area contributed by atoms with Gasteiger partial charge in [-0.15, -0.1) is 0 Å². The van der Waals surface area contributed by atoms with Gasteiger partial charge in [-0.05, 0) is 25.7 Å². The first-order chi connectivity index (χ1) is 7.79. The molecule has 2 nitrogen and oxygen atoms in total. The lowest BCUT2D eigenvalue weighted by Crippen LogP contribution is -2.27. The number of hydrogen-bond donors (Lipinski definition) is 0. The Morgan fingerprint density at radius 2 is 1.38 bits per heavy atom. The van der Waals surface area contributed by atoms with E-state index >= 15 is 0 Å². The van der Waals surface area contributed by atoms with Crippen LogP contribution in [0.3, 0.4) is 0 Å². The van der Waals surface area contributed by atoms with E-state index in [1.165, 1.54) is 19.3 Å². The Bertz CT molecular complexity index is 129. The van der Waals surface area contributed by atoms with Gasteiger partial charge in [0.05, 0.1) is 0 Å². The molecular formula is C14H30O2. The summed E-state index contributed by atoms with van der Waals surface area (Å²) in [5, 5.41) is 0. The second kappa shape index (κ2) is 11.4. The summed E-state index contributed by atoms with van der Waals surface area (Å²) in [5.74, 6) is 0.568. The second-order valence-corrected chi connectivity index (χ2v) is 4.42. The van der Waals surface area contributed by atoms with Crippen LogP contribution in [0.15, 0.2) is 0 Å². The lowest BCUT2D eigenvalue weighted by Gasteiger charge is -2.26. The van der Waals surface area contributed by atoms with Gasteiger partial charge in [0.15, 0.2) is 6.29 Å². The van der Waals surface area contributed by atoms with Crippen molar-refractivity contribution < 1.29 is 9.47 Å². The lowest BCUT2D eigenvalue weighted by molar-refractivity contribution is -0.174. The van der Waals surface area contributed by atoms with Crippen LogP contribution < -0.4 is 0 Å². The maximum absolute atomic E-state index is 5.82. The number of unbranched alkanes of at least 4 members (excludes halogenated alkanes) is 1. The Hall–Kier alpha value is -0.0800. The van der Waals surface area contributed by atoms with E-state index < -0.39 is 0 Å². The fourth-order valence-electron chi connectivity index (χ4n) is 1.79. The number of ether oxygens (including phenoxy) is 2. The summed E-state index contributed by atoms with van der Waals surface area (Å²) in [5.41, 5.74) is 0. The highest BCUT2D eigenvalue weighted by atomic mass is 16.7. The molecule has 0 saturated carbocycles. The van der Waals surface area contributed by atoms with Gasteiger partial charge in [0.1, 0.15) is 0 Å². The molecular weight excluding hydrogens is 200 g/mol. The lowest BCUT2D eigenvalue weighted by atomic mass is 9.98. The van der Waals surface area contributed by atoms with Gasteiger partial charge < -0.3 is 9.47 Å². The molecule has 0 aliphatic rings. The minimum absolute atomic E-state index is 0.0245. The first-order valence-electron chi connectivity index (χ1n) is 7.03. The summed E-state index contributed by atoms with van der Waals surface area (Å²) in [4.78, 5) is 0. The predicted octanol–water partition coefficient (Wildman–Crippen LogP) is 4.38. The Morgan fingerprint density at radius 3 is 1.75 bits per heavy atom. The van der Waals surface area contributed by atoms with E-state index in [0.717, 1.165) is 32.5 Å². The average Bonchev–Trinajstić information content (AvgIpc) is 2.32. The average molecular weight is 230 g/mol. The van der Waals surface area contributed by atoms with E-state index in [1.807, 2.05) is 0 Å². The molecule has 0 aliphatic carbocycles. The van der Waals surface area contributed by atoms with Gasteiger partial charge in [0, 0.05) is 19.1 Å². The summed E-state index contributed by atoms with van der Waals surface area (Å²) < 4.78 is 11.6. The van der Waals surface area contributed by atoms with Crippen molar-refractivity contribution in [3.05, 3.63) is 0 Å². The van der Waals surface area contributed by atoms with Crippen molar-refractivity contribution >= 4 is 0 Å². The molecule has 2 heteroatoms. The fraction of sp³-hybridized carbons (Fsp3) is 1.00. The molecule has 0 rings (SSSR count). The van der Waals surface area contributed by atoms with E-state index in [-0.39, 0.29) is 6.29 Å². The van der Waals surface area contributed by atoms with Crippen LogP contribution in [0.25, 0.3) is 0 Å². The topological polar surface area (TPSA) is 18.5 Å². The maximum Gasteiger partial charge on any atom is 0.160 e. The Morgan fingerprint density at radius 1 is 0.812 bits per heavy atom. The summed E-state index contributed by atoms with van der Waals surface area (Å²) in [6.45, 7) is 10.4. The summed E-state index contributed by atoms with van der Waals surface area (Å²) in [7, 11) is 0. The van der Waals surface area contributed by atoms with Gasteiger partial charge in [0.25, 0.3) is 0 Å². The van der Waals surface area contributed by atoms with E-state index in [0.29, 0.717) is 5.92 Å². The molecule has 0 saturated heterocycles. The van der Waals surface area contributed by atoms with Crippen molar-refractivity contribution in [3.8, 4) is 0 Å². The molecule has 16 heavy (non-hydrogen) atoms. The molecule has 1 atom stereocenters. The second-order valence-electron chi connectivity index (χ2n) is 4.42. The number of hydrogen-bond acceptors (Lipinski definition) is 2. The Kier molecular flexibility index (Phi) is 11.3. The molecule has 0 radical (unpaired) electrons. The fourth-order valence-corrected chi connectivity index (χ4v) is 1.79. The van der Waals surface area contributed by atoms with Gasteiger partial charge in [0.2, 0.25) is 0 Å². The predicted molar refractivity (Wildman–Crippen MR) is 69.6 cm³/mol.